The van der Waals surface area contributed by atoms with Crippen molar-refractivity contribution in [3.05, 3.63) is 36.0 Å². The smallest absolute Gasteiger partial charge is 0.382 e. The van der Waals surface area contributed by atoms with Crippen LogP contribution in [-0.4, -0.2) is 15.0 Å². The summed E-state index contributed by atoms with van der Waals surface area (Å²) in [6.45, 7) is 0. The molecular weight excluding hydrogens is 221 g/mol. The number of halogens is 3. The van der Waals surface area contributed by atoms with E-state index < -0.39 is 11.7 Å². The van der Waals surface area contributed by atoms with Gasteiger partial charge in [0.15, 0.2) is 0 Å². The molecule has 84 valence electrons. The average molecular weight is 228 g/mol. The molecule has 0 fully saturated rings. The van der Waals surface area contributed by atoms with Crippen molar-refractivity contribution in [1.29, 1.82) is 0 Å². The molecule has 0 unspecified atom stereocenters. The maximum absolute atomic E-state index is 12.4. The SMILES string of the molecule is Nc1cnnn1-c1cccc(C(F)(F)F)c1. The number of benzene rings is 1. The highest BCUT2D eigenvalue weighted by Gasteiger charge is 2.30. The summed E-state index contributed by atoms with van der Waals surface area (Å²) in [4.78, 5) is 0. The molecule has 2 aromatic rings. The first kappa shape index (κ1) is 10.5. The van der Waals surface area contributed by atoms with E-state index in [1.54, 1.807) is 0 Å². The van der Waals surface area contributed by atoms with Gasteiger partial charge in [0.05, 0.1) is 17.4 Å². The van der Waals surface area contributed by atoms with Gasteiger partial charge in [-0.1, -0.05) is 11.3 Å². The molecular formula is C9H7F3N4. The number of nitrogens with two attached hydrogens (primary N) is 1. The predicted octanol–water partition coefficient (Wildman–Crippen LogP) is 1.87. The van der Waals surface area contributed by atoms with E-state index in [9.17, 15) is 13.2 Å². The van der Waals surface area contributed by atoms with Gasteiger partial charge in [-0.15, -0.1) is 5.10 Å². The molecule has 7 heteroatoms. The van der Waals surface area contributed by atoms with Crippen LogP contribution in [0.1, 0.15) is 5.56 Å². The number of anilines is 1. The zero-order chi connectivity index (χ0) is 11.8. The van der Waals surface area contributed by atoms with Crippen molar-refractivity contribution >= 4 is 5.82 Å². The molecule has 2 rings (SSSR count). The van der Waals surface area contributed by atoms with Crippen molar-refractivity contribution in [1.82, 2.24) is 15.0 Å². The number of nitrogens with zero attached hydrogens (tertiary/aromatic N) is 3. The first-order valence-electron chi connectivity index (χ1n) is 4.32. The molecule has 1 heterocycles. The van der Waals surface area contributed by atoms with Crippen molar-refractivity contribution in [3.63, 3.8) is 0 Å². The van der Waals surface area contributed by atoms with Crippen LogP contribution < -0.4 is 5.73 Å². The molecule has 1 aromatic carbocycles. The van der Waals surface area contributed by atoms with E-state index in [2.05, 4.69) is 10.3 Å². The summed E-state index contributed by atoms with van der Waals surface area (Å²) in [6, 6.07) is 4.71. The number of hydrogen-bond acceptors (Lipinski definition) is 3. The fraction of sp³-hybridized carbons (Fsp3) is 0.111. The number of nitrogen functional groups attached to an aromatic ring is 1. The maximum atomic E-state index is 12.4. The Morgan fingerprint density at radius 3 is 2.56 bits per heavy atom. The van der Waals surface area contributed by atoms with Gasteiger partial charge in [-0.25, -0.2) is 0 Å². The number of rotatable bonds is 1. The molecule has 0 aliphatic carbocycles. The minimum Gasteiger partial charge on any atom is -0.382 e. The summed E-state index contributed by atoms with van der Waals surface area (Å²) < 4.78 is 38.4. The Labute approximate surface area is 88.5 Å². The second-order valence-electron chi connectivity index (χ2n) is 3.12. The summed E-state index contributed by atoms with van der Waals surface area (Å²) in [7, 11) is 0. The molecule has 0 radical (unpaired) electrons. The zero-order valence-corrected chi connectivity index (χ0v) is 7.94. The summed E-state index contributed by atoms with van der Waals surface area (Å²) in [5, 5.41) is 7.08. The van der Waals surface area contributed by atoms with Crippen LogP contribution in [0.5, 0.6) is 0 Å². The Bertz CT molecular complexity index is 503. The van der Waals surface area contributed by atoms with Gasteiger partial charge in [0.2, 0.25) is 0 Å². The Morgan fingerprint density at radius 1 is 1.25 bits per heavy atom. The fourth-order valence-corrected chi connectivity index (χ4v) is 1.26. The molecule has 0 aliphatic heterocycles. The van der Waals surface area contributed by atoms with Crippen LogP contribution in [-0.2, 0) is 6.18 Å². The fourth-order valence-electron chi connectivity index (χ4n) is 1.26. The molecule has 1 aromatic heterocycles. The third-order valence-electron chi connectivity index (χ3n) is 1.99. The van der Waals surface area contributed by atoms with Crippen molar-refractivity contribution in [2.24, 2.45) is 0 Å². The lowest BCUT2D eigenvalue weighted by atomic mass is 10.2. The number of alkyl halides is 3. The molecule has 16 heavy (non-hydrogen) atoms. The number of aromatic nitrogens is 3. The standard InChI is InChI=1S/C9H7F3N4/c10-9(11,12)6-2-1-3-7(4-6)16-8(13)5-14-15-16/h1-5H,13H2. The summed E-state index contributed by atoms with van der Waals surface area (Å²) in [5.41, 5.74) is 4.97. The topological polar surface area (TPSA) is 56.7 Å². The lowest BCUT2D eigenvalue weighted by molar-refractivity contribution is -0.137. The molecule has 0 saturated heterocycles. The Balaban J connectivity index is 2.49. The average Bonchev–Trinajstić information content (AvgIpc) is 2.63. The van der Waals surface area contributed by atoms with Crippen LogP contribution in [0.2, 0.25) is 0 Å². The van der Waals surface area contributed by atoms with Gasteiger partial charge in [0, 0.05) is 0 Å². The van der Waals surface area contributed by atoms with Gasteiger partial charge in [-0.3, -0.25) is 0 Å². The summed E-state index contributed by atoms with van der Waals surface area (Å²) in [6.07, 6.45) is -3.12. The highest BCUT2D eigenvalue weighted by Crippen LogP contribution is 2.30. The normalized spacial score (nSPS) is 11.7. The van der Waals surface area contributed by atoms with Gasteiger partial charge in [-0.05, 0) is 18.2 Å². The first-order valence-corrected chi connectivity index (χ1v) is 4.32. The molecule has 0 bridgehead atoms. The van der Waals surface area contributed by atoms with Gasteiger partial charge < -0.3 is 5.73 Å². The third kappa shape index (κ3) is 1.83. The van der Waals surface area contributed by atoms with E-state index in [4.69, 9.17) is 5.73 Å². The quantitative estimate of drug-likeness (QED) is 0.810. The minimum atomic E-state index is -4.38. The molecule has 2 N–H and O–H groups in total. The minimum absolute atomic E-state index is 0.180. The van der Waals surface area contributed by atoms with Crippen molar-refractivity contribution in [2.75, 3.05) is 5.73 Å². The van der Waals surface area contributed by atoms with E-state index in [-0.39, 0.29) is 11.5 Å². The second-order valence-corrected chi connectivity index (χ2v) is 3.12. The molecule has 0 spiro atoms. The molecule has 0 atom stereocenters. The van der Waals surface area contributed by atoms with Crippen LogP contribution in [0.3, 0.4) is 0 Å². The Kier molecular flexibility index (Phi) is 2.30. The predicted molar refractivity (Wildman–Crippen MR) is 50.8 cm³/mol. The molecule has 4 nitrogen and oxygen atoms in total. The molecule has 0 aliphatic rings. The van der Waals surface area contributed by atoms with Crippen LogP contribution in [0.4, 0.5) is 19.0 Å². The highest BCUT2D eigenvalue weighted by atomic mass is 19.4. The Hall–Kier alpha value is -2.05. The van der Waals surface area contributed by atoms with Crippen LogP contribution in [0.15, 0.2) is 30.5 Å². The molecule has 0 saturated carbocycles. The van der Waals surface area contributed by atoms with Crippen LogP contribution in [0.25, 0.3) is 5.69 Å². The monoisotopic (exact) mass is 228 g/mol. The van der Waals surface area contributed by atoms with Crippen molar-refractivity contribution in [2.45, 2.75) is 6.18 Å². The summed E-state index contributed by atoms with van der Waals surface area (Å²) in [5.74, 6) is 0.180. The van der Waals surface area contributed by atoms with Gasteiger partial charge in [0.25, 0.3) is 0 Å². The van der Waals surface area contributed by atoms with E-state index in [1.807, 2.05) is 0 Å². The van der Waals surface area contributed by atoms with Crippen LogP contribution in [0, 0.1) is 0 Å². The van der Waals surface area contributed by atoms with E-state index in [1.165, 1.54) is 18.3 Å². The third-order valence-corrected chi connectivity index (χ3v) is 1.99. The highest BCUT2D eigenvalue weighted by molar-refractivity contribution is 5.42. The van der Waals surface area contributed by atoms with E-state index >= 15 is 0 Å². The van der Waals surface area contributed by atoms with Crippen molar-refractivity contribution < 1.29 is 13.2 Å². The Morgan fingerprint density at radius 2 is 2.00 bits per heavy atom. The zero-order valence-electron chi connectivity index (χ0n) is 7.94. The largest absolute Gasteiger partial charge is 0.416 e. The summed E-state index contributed by atoms with van der Waals surface area (Å²) >= 11 is 0. The number of hydrogen-bond donors (Lipinski definition) is 1. The second kappa shape index (κ2) is 3.51. The van der Waals surface area contributed by atoms with E-state index in [0.717, 1.165) is 16.8 Å². The van der Waals surface area contributed by atoms with Gasteiger partial charge in [-0.2, -0.15) is 17.9 Å². The van der Waals surface area contributed by atoms with E-state index in [0.29, 0.717) is 0 Å². The van der Waals surface area contributed by atoms with Crippen molar-refractivity contribution in [3.8, 4) is 5.69 Å². The van der Waals surface area contributed by atoms with Gasteiger partial charge in [0.1, 0.15) is 5.82 Å². The lowest BCUT2D eigenvalue weighted by Crippen LogP contribution is -2.07. The lowest BCUT2D eigenvalue weighted by Gasteiger charge is -2.08. The van der Waals surface area contributed by atoms with Crippen LogP contribution >= 0.6 is 0 Å². The van der Waals surface area contributed by atoms with Gasteiger partial charge >= 0.3 is 6.18 Å². The molecule has 0 amide bonds. The maximum Gasteiger partial charge on any atom is 0.416 e. The first-order chi connectivity index (χ1) is 7.48.